The first-order valence-electron chi connectivity index (χ1n) is 9.56. The highest BCUT2D eigenvalue weighted by molar-refractivity contribution is 7.88. The summed E-state index contributed by atoms with van der Waals surface area (Å²) in [4.78, 5) is 4.29. The fourth-order valence-corrected chi connectivity index (χ4v) is 4.60. The van der Waals surface area contributed by atoms with Gasteiger partial charge < -0.3 is 5.32 Å². The number of fused-ring (bicyclic) bond motifs is 1. The zero-order valence-corrected chi connectivity index (χ0v) is 17.0. The normalized spacial score (nSPS) is 16.5. The first-order valence-corrected chi connectivity index (χ1v) is 11.4. The number of rotatable bonds is 5. The van der Waals surface area contributed by atoms with Crippen LogP contribution >= 0.6 is 0 Å². The average molecular weight is 400 g/mol. The molecule has 148 valence electrons. The van der Waals surface area contributed by atoms with Crippen molar-refractivity contribution in [2.45, 2.75) is 32.4 Å². The van der Waals surface area contributed by atoms with Gasteiger partial charge in [0.1, 0.15) is 0 Å². The lowest BCUT2D eigenvalue weighted by Gasteiger charge is -2.31. The summed E-state index contributed by atoms with van der Waals surface area (Å²) in [6.07, 6.45) is 10.5. The molecule has 1 fully saturated rings. The summed E-state index contributed by atoms with van der Waals surface area (Å²) >= 11 is 0. The smallest absolute Gasteiger partial charge is 0.211 e. The molecule has 0 spiro atoms. The molecular weight excluding hydrogens is 374 g/mol. The van der Waals surface area contributed by atoms with Crippen LogP contribution in [0.3, 0.4) is 0 Å². The molecule has 1 N–H and O–H groups in total. The molecule has 0 radical (unpaired) electrons. The van der Waals surface area contributed by atoms with E-state index in [4.69, 9.17) is 0 Å². The number of hydrogen-bond donors (Lipinski definition) is 1. The van der Waals surface area contributed by atoms with E-state index in [1.165, 1.54) is 6.26 Å². The molecule has 28 heavy (non-hydrogen) atoms. The van der Waals surface area contributed by atoms with E-state index < -0.39 is 10.0 Å². The van der Waals surface area contributed by atoms with Crippen molar-refractivity contribution in [3.8, 4) is 11.1 Å². The summed E-state index contributed by atoms with van der Waals surface area (Å²) in [5, 5.41) is 10.2. The number of aromatic nitrogens is 3. The van der Waals surface area contributed by atoms with Gasteiger partial charge in [-0.2, -0.15) is 5.10 Å². The Hall–Kier alpha value is -2.45. The Morgan fingerprint density at radius 1 is 1.18 bits per heavy atom. The molecule has 0 aliphatic carbocycles. The van der Waals surface area contributed by atoms with Gasteiger partial charge in [-0.3, -0.25) is 9.67 Å². The van der Waals surface area contributed by atoms with Crippen molar-refractivity contribution in [3.63, 3.8) is 0 Å². The molecule has 7 nitrogen and oxygen atoms in total. The molecule has 0 bridgehead atoms. The zero-order valence-electron chi connectivity index (χ0n) is 16.2. The summed E-state index contributed by atoms with van der Waals surface area (Å²) in [6, 6.07) is 6.55. The van der Waals surface area contributed by atoms with Crippen LogP contribution in [0, 0.1) is 0 Å². The van der Waals surface area contributed by atoms with Crippen molar-refractivity contribution in [3.05, 3.63) is 43.0 Å². The maximum atomic E-state index is 11.7. The summed E-state index contributed by atoms with van der Waals surface area (Å²) in [6.45, 7) is 4.01. The highest BCUT2D eigenvalue weighted by atomic mass is 32.2. The maximum Gasteiger partial charge on any atom is 0.211 e. The fourth-order valence-electron chi connectivity index (χ4n) is 3.72. The van der Waals surface area contributed by atoms with E-state index in [1.807, 2.05) is 23.1 Å². The summed E-state index contributed by atoms with van der Waals surface area (Å²) < 4.78 is 27.0. The third-order valence-electron chi connectivity index (χ3n) is 5.33. The van der Waals surface area contributed by atoms with E-state index in [9.17, 15) is 8.42 Å². The number of piperidine rings is 1. The van der Waals surface area contributed by atoms with E-state index in [2.05, 4.69) is 40.7 Å². The largest absolute Gasteiger partial charge is 0.382 e. The molecule has 4 rings (SSSR count). The van der Waals surface area contributed by atoms with Crippen molar-refractivity contribution >= 4 is 26.5 Å². The Bertz CT molecular complexity index is 1080. The van der Waals surface area contributed by atoms with Crippen molar-refractivity contribution < 1.29 is 8.42 Å². The highest BCUT2D eigenvalue weighted by Gasteiger charge is 2.25. The molecule has 2 aromatic heterocycles. The lowest BCUT2D eigenvalue weighted by atomic mass is 10.0. The minimum atomic E-state index is -3.11. The third kappa shape index (κ3) is 3.88. The molecule has 1 saturated heterocycles. The molecule has 0 saturated carbocycles. The highest BCUT2D eigenvalue weighted by Crippen LogP contribution is 2.32. The van der Waals surface area contributed by atoms with Crippen molar-refractivity contribution in [1.82, 2.24) is 19.1 Å². The molecule has 0 amide bonds. The van der Waals surface area contributed by atoms with Gasteiger partial charge >= 0.3 is 0 Å². The number of nitrogens with one attached hydrogen (secondary N) is 1. The van der Waals surface area contributed by atoms with Gasteiger partial charge in [-0.25, -0.2) is 12.7 Å². The quantitative estimate of drug-likeness (QED) is 0.713. The number of hydrogen-bond acceptors (Lipinski definition) is 5. The number of pyridine rings is 1. The number of anilines is 1. The van der Waals surface area contributed by atoms with Crippen LogP contribution in [0.5, 0.6) is 0 Å². The van der Waals surface area contributed by atoms with Crippen LogP contribution in [0.1, 0.15) is 19.8 Å². The van der Waals surface area contributed by atoms with Gasteiger partial charge in [-0.05, 0) is 48.9 Å². The molecular formula is C20H25N5O2S. The monoisotopic (exact) mass is 399 g/mol. The van der Waals surface area contributed by atoms with Crippen LogP contribution in [0.15, 0.2) is 43.0 Å². The van der Waals surface area contributed by atoms with Gasteiger partial charge in [-0.15, -0.1) is 0 Å². The second-order valence-electron chi connectivity index (χ2n) is 7.29. The number of aryl methyl sites for hydroxylation is 1. The van der Waals surface area contributed by atoms with Crippen LogP contribution in [0.4, 0.5) is 5.69 Å². The van der Waals surface area contributed by atoms with Crippen LogP contribution in [0.25, 0.3) is 21.9 Å². The lowest BCUT2D eigenvalue weighted by molar-refractivity contribution is 0.332. The Balaban J connectivity index is 1.63. The first-order chi connectivity index (χ1) is 13.4. The van der Waals surface area contributed by atoms with Crippen molar-refractivity contribution in [1.29, 1.82) is 0 Å². The fraction of sp³-hybridized carbons (Fsp3) is 0.400. The molecule has 1 aromatic carbocycles. The average Bonchev–Trinajstić information content (AvgIpc) is 3.17. The minimum Gasteiger partial charge on any atom is -0.382 e. The second kappa shape index (κ2) is 7.52. The van der Waals surface area contributed by atoms with Crippen LogP contribution in [0.2, 0.25) is 0 Å². The number of sulfonamides is 1. The van der Waals surface area contributed by atoms with Gasteiger partial charge in [0.25, 0.3) is 0 Å². The standard InChI is InChI=1S/C20H25N5O2S/c1-3-24-14-17(12-22-24)16-10-15-4-7-21-13-19(15)20(11-16)23-18-5-8-25(9-6-18)28(2,26)27/h4,7,10-14,18,23H,3,5-6,8-9H2,1-2H3. The predicted octanol–water partition coefficient (Wildman–Crippen LogP) is 2.95. The maximum absolute atomic E-state index is 11.7. The van der Waals surface area contributed by atoms with Crippen LogP contribution < -0.4 is 5.32 Å². The second-order valence-corrected chi connectivity index (χ2v) is 9.27. The molecule has 0 unspecified atom stereocenters. The summed E-state index contributed by atoms with van der Waals surface area (Å²) in [5.74, 6) is 0. The van der Waals surface area contributed by atoms with E-state index >= 15 is 0 Å². The van der Waals surface area contributed by atoms with Gasteiger partial charge in [0.15, 0.2) is 0 Å². The van der Waals surface area contributed by atoms with Gasteiger partial charge in [-0.1, -0.05) is 0 Å². The van der Waals surface area contributed by atoms with Gasteiger partial charge in [0.05, 0.1) is 12.5 Å². The van der Waals surface area contributed by atoms with Crippen molar-refractivity contribution in [2.24, 2.45) is 0 Å². The molecule has 1 aliphatic rings. The van der Waals surface area contributed by atoms with E-state index in [0.29, 0.717) is 13.1 Å². The van der Waals surface area contributed by atoms with Crippen molar-refractivity contribution in [2.75, 3.05) is 24.7 Å². The van der Waals surface area contributed by atoms with Gasteiger partial charge in [0, 0.05) is 60.9 Å². The Kier molecular flexibility index (Phi) is 5.07. The SMILES string of the molecule is CCn1cc(-c2cc(NC3CCN(S(C)(=O)=O)CC3)c3cnccc3c2)cn1. The summed E-state index contributed by atoms with van der Waals surface area (Å²) in [7, 11) is -3.11. The minimum absolute atomic E-state index is 0.232. The predicted molar refractivity (Wildman–Crippen MR) is 112 cm³/mol. The van der Waals surface area contributed by atoms with Crippen LogP contribution in [-0.4, -0.2) is 52.9 Å². The first kappa shape index (κ1) is 18.9. The van der Waals surface area contributed by atoms with E-state index in [0.717, 1.165) is 47.0 Å². The molecule has 3 aromatic rings. The Labute approximate surface area is 165 Å². The number of benzene rings is 1. The van der Waals surface area contributed by atoms with E-state index in [1.54, 1.807) is 10.5 Å². The molecule has 8 heteroatoms. The topological polar surface area (TPSA) is 80.1 Å². The molecule has 1 aliphatic heterocycles. The molecule has 0 atom stereocenters. The van der Waals surface area contributed by atoms with Gasteiger partial charge in [0.2, 0.25) is 10.0 Å². The Morgan fingerprint density at radius 3 is 2.64 bits per heavy atom. The number of nitrogens with zero attached hydrogens (tertiary/aromatic N) is 4. The van der Waals surface area contributed by atoms with Crippen LogP contribution in [-0.2, 0) is 16.6 Å². The third-order valence-corrected chi connectivity index (χ3v) is 6.63. The molecule has 3 heterocycles. The Morgan fingerprint density at radius 2 is 1.96 bits per heavy atom. The lowest BCUT2D eigenvalue weighted by Crippen LogP contribution is -2.41. The zero-order chi connectivity index (χ0) is 19.7. The van der Waals surface area contributed by atoms with E-state index in [-0.39, 0.29) is 6.04 Å². The summed E-state index contributed by atoms with van der Waals surface area (Å²) in [5.41, 5.74) is 3.22.